The molecule has 0 spiro atoms. The van der Waals surface area contributed by atoms with Gasteiger partial charge in [0.2, 0.25) is 5.95 Å². The molecule has 1 aromatic heterocycles. The van der Waals surface area contributed by atoms with Crippen LogP contribution in [0, 0.1) is 17.2 Å². The third kappa shape index (κ3) is 7.04. The molecule has 3 aromatic rings. The number of halogens is 3. The Labute approximate surface area is 266 Å². The normalized spacial score (nSPS) is 17.1. The Bertz CT molecular complexity index is 1680. The standard InChI is InChI=1S/C34H39F3N6O3/c1-22-29(31(44)46-2)30(43-32(40-41-33(43)45)42(22)27-13-8-12-26(20-27)34(35,36)37)28-15-14-24(21-38)19-25(28)11-6-7-17-39-18-16-23-9-4-3-5-10-23/h8,12-15,19-20,23,30,39H,3-7,9-11,16-18H2,1-2H3,(H,41,45)/t30-/m1/s1. The molecule has 1 fully saturated rings. The second-order valence-corrected chi connectivity index (χ2v) is 12.0. The second kappa shape index (κ2) is 14.4. The molecule has 0 amide bonds. The number of hydrogen-bond donors (Lipinski definition) is 2. The van der Waals surface area contributed by atoms with Crippen LogP contribution in [0.3, 0.4) is 0 Å². The number of fused-ring (bicyclic) bond motifs is 1. The summed E-state index contributed by atoms with van der Waals surface area (Å²) in [4.78, 5) is 28.1. The number of hydrogen-bond acceptors (Lipinski definition) is 7. The lowest BCUT2D eigenvalue weighted by molar-refractivity contribution is -0.138. The van der Waals surface area contributed by atoms with Crippen LogP contribution in [0.15, 0.2) is 58.5 Å². The molecule has 0 radical (unpaired) electrons. The van der Waals surface area contributed by atoms with E-state index in [4.69, 9.17) is 4.74 Å². The highest BCUT2D eigenvalue weighted by atomic mass is 19.4. The first kappa shape index (κ1) is 33.0. The highest BCUT2D eigenvalue weighted by Gasteiger charge is 2.41. The number of carbonyl (C=O) groups is 1. The largest absolute Gasteiger partial charge is 0.466 e. The van der Waals surface area contributed by atoms with Crippen molar-refractivity contribution in [1.82, 2.24) is 20.1 Å². The van der Waals surface area contributed by atoms with E-state index in [0.29, 0.717) is 17.5 Å². The van der Waals surface area contributed by atoms with Gasteiger partial charge in [-0.05, 0) is 93.1 Å². The van der Waals surface area contributed by atoms with Crippen LogP contribution in [-0.4, -0.2) is 40.9 Å². The van der Waals surface area contributed by atoms with Crippen LogP contribution < -0.4 is 15.9 Å². The van der Waals surface area contributed by atoms with Crippen molar-refractivity contribution < 1.29 is 22.7 Å². The van der Waals surface area contributed by atoms with Gasteiger partial charge in [0.1, 0.15) is 6.04 Å². The number of H-pyrrole nitrogens is 1. The lowest BCUT2D eigenvalue weighted by Crippen LogP contribution is -2.38. The molecule has 2 aromatic carbocycles. The zero-order valence-electron chi connectivity index (χ0n) is 26.1. The van der Waals surface area contributed by atoms with Crippen molar-refractivity contribution in [3.63, 3.8) is 0 Å². The van der Waals surface area contributed by atoms with Crippen molar-refractivity contribution in [3.8, 4) is 6.07 Å². The summed E-state index contributed by atoms with van der Waals surface area (Å²) in [6, 6.07) is 10.9. The molecule has 2 aliphatic rings. The lowest BCUT2D eigenvalue weighted by Gasteiger charge is -2.36. The number of nitriles is 1. The molecule has 9 nitrogen and oxygen atoms in total. The number of nitrogens with one attached hydrogen (secondary N) is 2. The maximum atomic E-state index is 13.6. The Morgan fingerprint density at radius 3 is 2.63 bits per heavy atom. The molecule has 2 N–H and O–H groups in total. The van der Waals surface area contributed by atoms with Gasteiger partial charge < -0.3 is 10.1 Å². The smallest absolute Gasteiger partial charge is 0.416 e. The number of rotatable bonds is 11. The van der Waals surface area contributed by atoms with Crippen molar-refractivity contribution in [2.75, 3.05) is 25.1 Å². The van der Waals surface area contributed by atoms with Gasteiger partial charge in [0.15, 0.2) is 0 Å². The Morgan fingerprint density at radius 2 is 1.91 bits per heavy atom. The number of anilines is 2. The number of alkyl halides is 3. The number of methoxy groups -OCH3 is 1. The highest BCUT2D eigenvalue weighted by molar-refractivity contribution is 5.93. The predicted molar refractivity (Wildman–Crippen MR) is 167 cm³/mol. The van der Waals surface area contributed by atoms with Crippen LogP contribution in [0.2, 0.25) is 0 Å². The van der Waals surface area contributed by atoms with E-state index in [1.54, 1.807) is 25.1 Å². The van der Waals surface area contributed by atoms with Gasteiger partial charge >= 0.3 is 17.8 Å². The first-order valence-electron chi connectivity index (χ1n) is 15.8. The van der Waals surface area contributed by atoms with Gasteiger partial charge in [-0.2, -0.15) is 18.4 Å². The summed E-state index contributed by atoms with van der Waals surface area (Å²) in [5.74, 6) is 0.0990. The zero-order chi connectivity index (χ0) is 32.8. The third-order valence-electron chi connectivity index (χ3n) is 9.05. The summed E-state index contributed by atoms with van der Waals surface area (Å²) >= 11 is 0. The monoisotopic (exact) mass is 636 g/mol. The summed E-state index contributed by atoms with van der Waals surface area (Å²) in [6.45, 7) is 3.43. The van der Waals surface area contributed by atoms with Crippen molar-refractivity contribution in [2.24, 2.45) is 5.92 Å². The van der Waals surface area contributed by atoms with E-state index in [1.807, 2.05) is 0 Å². The molecule has 0 saturated heterocycles. The molecule has 0 bridgehead atoms. The molecule has 244 valence electrons. The third-order valence-corrected chi connectivity index (χ3v) is 9.05. The van der Waals surface area contributed by atoms with E-state index in [-0.39, 0.29) is 22.9 Å². The number of nitrogens with zero attached hydrogens (tertiary/aromatic N) is 4. The summed E-state index contributed by atoms with van der Waals surface area (Å²) in [7, 11) is 1.21. The summed E-state index contributed by atoms with van der Waals surface area (Å²) < 4.78 is 47.3. The number of unbranched alkanes of at least 4 members (excludes halogenated alkanes) is 1. The van der Waals surface area contributed by atoms with E-state index in [1.165, 1.54) is 67.2 Å². The van der Waals surface area contributed by atoms with E-state index in [0.717, 1.165) is 49.5 Å². The van der Waals surface area contributed by atoms with Crippen LogP contribution in [0.5, 0.6) is 0 Å². The Balaban J connectivity index is 1.46. The van der Waals surface area contributed by atoms with Crippen LogP contribution in [0.4, 0.5) is 24.8 Å². The van der Waals surface area contributed by atoms with E-state index in [9.17, 15) is 28.0 Å². The minimum absolute atomic E-state index is 0.0250. The molecule has 1 aliphatic carbocycles. The van der Waals surface area contributed by atoms with E-state index >= 15 is 0 Å². The number of aryl methyl sites for hydroxylation is 1. The molecule has 2 heterocycles. The Kier molecular flexibility index (Phi) is 10.3. The van der Waals surface area contributed by atoms with Crippen LogP contribution in [-0.2, 0) is 22.1 Å². The maximum absolute atomic E-state index is 13.6. The van der Waals surface area contributed by atoms with E-state index in [2.05, 4.69) is 21.6 Å². The number of aromatic amines is 1. The topological polar surface area (TPSA) is 116 Å². The van der Waals surface area contributed by atoms with Gasteiger partial charge in [0.25, 0.3) is 0 Å². The quantitative estimate of drug-likeness (QED) is 0.182. The minimum atomic E-state index is -4.61. The number of carbonyl (C=O) groups excluding carboxylic acids is 1. The van der Waals surface area contributed by atoms with Gasteiger partial charge in [-0.25, -0.2) is 19.3 Å². The lowest BCUT2D eigenvalue weighted by atomic mass is 9.87. The van der Waals surface area contributed by atoms with Crippen LogP contribution in [0.25, 0.3) is 0 Å². The Morgan fingerprint density at radius 1 is 1.13 bits per heavy atom. The maximum Gasteiger partial charge on any atom is 0.416 e. The summed E-state index contributed by atoms with van der Waals surface area (Å²) in [5.41, 5.74) is 0.704. The molecule has 0 unspecified atom stereocenters. The van der Waals surface area contributed by atoms with Crippen molar-refractivity contribution in [2.45, 2.75) is 76.9 Å². The van der Waals surface area contributed by atoms with E-state index < -0.39 is 29.4 Å². The average Bonchev–Trinajstić information content (AvgIpc) is 3.43. The number of allylic oxidation sites excluding steroid dienone is 1. The molecule has 46 heavy (non-hydrogen) atoms. The first-order chi connectivity index (χ1) is 22.1. The van der Waals surface area contributed by atoms with Crippen LogP contribution in [0.1, 0.15) is 86.6 Å². The van der Waals surface area contributed by atoms with Gasteiger partial charge in [-0.1, -0.05) is 44.2 Å². The number of esters is 1. The number of ether oxygens (including phenoxy) is 1. The molecule has 5 rings (SSSR count). The fraction of sp³-hybridized carbons (Fsp3) is 0.471. The average molecular weight is 637 g/mol. The SMILES string of the molecule is COC(=O)C1=C(C)N(c2cccc(C(F)(F)F)c2)c2n[nH]c(=O)n2[C@@H]1c1ccc(C#N)cc1CCCCNCCC1CCCCC1. The summed E-state index contributed by atoms with van der Waals surface area (Å²) in [5, 5.41) is 19.8. The minimum Gasteiger partial charge on any atom is -0.466 e. The van der Waals surface area contributed by atoms with Gasteiger partial charge in [-0.3, -0.25) is 4.90 Å². The van der Waals surface area contributed by atoms with Crippen molar-refractivity contribution in [1.29, 1.82) is 5.26 Å². The number of benzene rings is 2. The molecule has 1 saturated carbocycles. The molecule has 12 heteroatoms. The highest BCUT2D eigenvalue weighted by Crippen LogP contribution is 2.43. The van der Waals surface area contributed by atoms with Crippen molar-refractivity contribution in [3.05, 3.63) is 86.5 Å². The first-order valence-corrected chi connectivity index (χ1v) is 15.8. The predicted octanol–water partition coefficient (Wildman–Crippen LogP) is 6.53. The van der Waals surface area contributed by atoms with Crippen LogP contribution >= 0.6 is 0 Å². The summed E-state index contributed by atoms with van der Waals surface area (Å²) in [6.07, 6.45) is 5.51. The number of aromatic nitrogens is 3. The Hall–Kier alpha value is -4.37. The van der Waals surface area contributed by atoms with Gasteiger partial charge in [-0.15, -0.1) is 5.10 Å². The molecular weight excluding hydrogens is 597 g/mol. The molecule has 1 aliphatic heterocycles. The van der Waals surface area contributed by atoms with Gasteiger partial charge in [0.05, 0.1) is 29.9 Å². The molecular formula is C34H39F3N6O3. The van der Waals surface area contributed by atoms with Gasteiger partial charge in [0, 0.05) is 11.4 Å². The zero-order valence-corrected chi connectivity index (χ0v) is 26.1. The fourth-order valence-electron chi connectivity index (χ4n) is 6.71. The van der Waals surface area contributed by atoms with Crippen molar-refractivity contribution >= 4 is 17.6 Å². The molecule has 1 atom stereocenters. The second-order valence-electron chi connectivity index (χ2n) is 12.0. The fourth-order valence-corrected chi connectivity index (χ4v) is 6.71.